The van der Waals surface area contributed by atoms with E-state index >= 15 is 0 Å². The lowest BCUT2D eigenvalue weighted by atomic mass is 10.0. The number of likely N-dealkylation sites (tertiary alicyclic amines) is 2. The van der Waals surface area contributed by atoms with Crippen LogP contribution >= 0.6 is 0 Å². The van der Waals surface area contributed by atoms with Gasteiger partial charge in [0.25, 0.3) is 0 Å². The van der Waals surface area contributed by atoms with E-state index in [1.54, 1.807) is 0 Å². The zero-order valence-electron chi connectivity index (χ0n) is 11.4. The first kappa shape index (κ1) is 12.6. The number of hydrogen-bond acceptors (Lipinski definition) is 3. The molecule has 102 valence electrons. The summed E-state index contributed by atoms with van der Waals surface area (Å²) in [7, 11) is 0. The summed E-state index contributed by atoms with van der Waals surface area (Å²) in [4.78, 5) is 17.2. The molecule has 0 N–H and O–H groups in total. The monoisotopic (exact) mass is 250 g/mol. The molecule has 1 saturated carbocycles. The Kier molecular flexibility index (Phi) is 4.00. The van der Waals surface area contributed by atoms with Gasteiger partial charge in [-0.3, -0.25) is 14.6 Å². The molecule has 3 nitrogen and oxygen atoms in total. The molecule has 0 aromatic carbocycles. The number of Topliss-reactive ketones (excluding diaryl/α,β-unsaturated/α-hetero) is 1. The highest BCUT2D eigenvalue weighted by molar-refractivity contribution is 5.83. The van der Waals surface area contributed by atoms with Gasteiger partial charge in [0.2, 0.25) is 0 Å². The lowest BCUT2D eigenvalue weighted by Gasteiger charge is -2.23. The molecular formula is C15H26N2O. The largest absolute Gasteiger partial charge is 0.299 e. The first-order valence-corrected chi connectivity index (χ1v) is 7.82. The third-order valence-electron chi connectivity index (χ3n) is 5.09. The summed E-state index contributed by atoms with van der Waals surface area (Å²) in [5, 5.41) is 0. The quantitative estimate of drug-likeness (QED) is 0.761. The smallest absolute Gasteiger partial charge is 0.149 e. The van der Waals surface area contributed by atoms with Crippen molar-refractivity contribution >= 4 is 5.78 Å². The number of hydrogen-bond donors (Lipinski definition) is 0. The van der Waals surface area contributed by atoms with E-state index in [0.717, 1.165) is 38.5 Å². The van der Waals surface area contributed by atoms with E-state index in [-0.39, 0.29) is 0 Å². The molecule has 3 heteroatoms. The minimum absolute atomic E-state index is 0.399. The highest BCUT2D eigenvalue weighted by atomic mass is 16.1. The van der Waals surface area contributed by atoms with Crippen molar-refractivity contribution in [3.63, 3.8) is 0 Å². The van der Waals surface area contributed by atoms with Crippen LogP contribution in [0.1, 0.15) is 44.9 Å². The van der Waals surface area contributed by atoms with Gasteiger partial charge in [-0.1, -0.05) is 12.8 Å². The molecule has 0 radical (unpaired) electrons. The minimum Gasteiger partial charge on any atom is -0.299 e. The fourth-order valence-electron chi connectivity index (χ4n) is 3.96. The maximum Gasteiger partial charge on any atom is 0.149 e. The predicted octanol–water partition coefficient (Wildman–Crippen LogP) is 1.92. The maximum absolute atomic E-state index is 12.2. The fourth-order valence-corrected chi connectivity index (χ4v) is 3.96. The van der Waals surface area contributed by atoms with Crippen molar-refractivity contribution in [1.82, 2.24) is 9.80 Å². The van der Waals surface area contributed by atoms with Crippen LogP contribution in [0.15, 0.2) is 0 Å². The molecule has 0 bridgehead atoms. The van der Waals surface area contributed by atoms with Gasteiger partial charge in [-0.2, -0.15) is 0 Å². The molecule has 0 spiro atoms. The SMILES string of the molecule is O=C(CN1CCC(N2CCCC2)C1)C1CCCC1. The highest BCUT2D eigenvalue weighted by Gasteiger charge is 2.31. The van der Waals surface area contributed by atoms with Gasteiger partial charge >= 0.3 is 0 Å². The molecular weight excluding hydrogens is 224 g/mol. The Morgan fingerprint density at radius 3 is 2.39 bits per heavy atom. The van der Waals surface area contributed by atoms with Gasteiger partial charge in [-0.15, -0.1) is 0 Å². The van der Waals surface area contributed by atoms with Crippen LogP contribution < -0.4 is 0 Å². The lowest BCUT2D eigenvalue weighted by molar-refractivity contribution is -0.123. The van der Waals surface area contributed by atoms with E-state index in [2.05, 4.69) is 9.80 Å². The van der Waals surface area contributed by atoms with E-state index in [4.69, 9.17) is 0 Å². The maximum atomic E-state index is 12.2. The van der Waals surface area contributed by atoms with Crippen LogP contribution in [0.3, 0.4) is 0 Å². The van der Waals surface area contributed by atoms with E-state index in [0.29, 0.717) is 11.7 Å². The number of carbonyl (C=O) groups is 1. The first-order chi connectivity index (χ1) is 8.83. The standard InChI is InChI=1S/C15H26N2O/c18-15(13-5-1-2-6-13)12-16-10-7-14(11-16)17-8-3-4-9-17/h13-14H,1-12H2. The van der Waals surface area contributed by atoms with Crippen LogP contribution in [0.2, 0.25) is 0 Å². The van der Waals surface area contributed by atoms with E-state index in [1.165, 1.54) is 45.2 Å². The van der Waals surface area contributed by atoms with Gasteiger partial charge in [0.15, 0.2) is 0 Å². The fraction of sp³-hybridized carbons (Fsp3) is 0.933. The Morgan fingerprint density at radius 2 is 1.67 bits per heavy atom. The summed E-state index contributed by atoms with van der Waals surface area (Å²) in [6, 6.07) is 0.740. The molecule has 1 aliphatic carbocycles. The van der Waals surface area contributed by atoms with Crippen molar-refractivity contribution < 1.29 is 4.79 Å². The third kappa shape index (κ3) is 2.77. The van der Waals surface area contributed by atoms with Gasteiger partial charge in [-0.25, -0.2) is 0 Å². The average Bonchev–Trinajstić information content (AvgIpc) is 3.12. The Labute approximate surface area is 111 Å². The van der Waals surface area contributed by atoms with Gasteiger partial charge < -0.3 is 0 Å². The second-order valence-corrected chi connectivity index (χ2v) is 6.37. The summed E-state index contributed by atoms with van der Waals surface area (Å²) >= 11 is 0. The topological polar surface area (TPSA) is 23.6 Å². The second-order valence-electron chi connectivity index (χ2n) is 6.37. The Hall–Kier alpha value is -0.410. The summed E-state index contributed by atoms with van der Waals surface area (Å²) in [6.07, 6.45) is 8.87. The Balaban J connectivity index is 1.45. The molecule has 2 aliphatic heterocycles. The van der Waals surface area contributed by atoms with Crippen LogP contribution in [0.5, 0.6) is 0 Å². The molecule has 2 saturated heterocycles. The molecule has 2 heterocycles. The van der Waals surface area contributed by atoms with Crippen LogP contribution in [-0.2, 0) is 4.79 Å². The minimum atomic E-state index is 0.399. The van der Waals surface area contributed by atoms with Crippen molar-refractivity contribution in [3.05, 3.63) is 0 Å². The third-order valence-corrected chi connectivity index (χ3v) is 5.09. The number of carbonyl (C=O) groups excluding carboxylic acids is 1. The van der Waals surface area contributed by atoms with E-state index in [9.17, 15) is 4.79 Å². The van der Waals surface area contributed by atoms with Crippen molar-refractivity contribution in [3.8, 4) is 0 Å². The Bertz CT molecular complexity index is 293. The van der Waals surface area contributed by atoms with Crippen molar-refractivity contribution in [2.24, 2.45) is 5.92 Å². The molecule has 1 unspecified atom stereocenters. The van der Waals surface area contributed by atoms with Gasteiger partial charge in [0.05, 0.1) is 6.54 Å². The highest BCUT2D eigenvalue weighted by Crippen LogP contribution is 2.26. The van der Waals surface area contributed by atoms with Gasteiger partial charge in [0.1, 0.15) is 5.78 Å². The first-order valence-electron chi connectivity index (χ1n) is 7.82. The van der Waals surface area contributed by atoms with Crippen LogP contribution in [0, 0.1) is 5.92 Å². The number of rotatable bonds is 4. The van der Waals surface area contributed by atoms with Crippen molar-refractivity contribution in [2.45, 2.75) is 51.0 Å². The number of nitrogens with zero attached hydrogens (tertiary/aromatic N) is 2. The summed E-state index contributed by atoms with van der Waals surface area (Å²) in [6.45, 7) is 5.58. The summed E-state index contributed by atoms with van der Waals surface area (Å²) in [5.74, 6) is 0.922. The summed E-state index contributed by atoms with van der Waals surface area (Å²) in [5.41, 5.74) is 0. The van der Waals surface area contributed by atoms with Gasteiger partial charge in [-0.05, 0) is 45.2 Å². The molecule has 0 amide bonds. The summed E-state index contributed by atoms with van der Waals surface area (Å²) < 4.78 is 0. The zero-order chi connectivity index (χ0) is 12.4. The van der Waals surface area contributed by atoms with Gasteiger partial charge in [0, 0.05) is 25.0 Å². The molecule has 3 aliphatic rings. The van der Waals surface area contributed by atoms with E-state index in [1.807, 2.05) is 0 Å². The number of ketones is 1. The van der Waals surface area contributed by atoms with E-state index < -0.39 is 0 Å². The predicted molar refractivity (Wildman–Crippen MR) is 72.6 cm³/mol. The molecule has 3 fully saturated rings. The normalized spacial score (nSPS) is 31.4. The molecule has 18 heavy (non-hydrogen) atoms. The lowest BCUT2D eigenvalue weighted by Crippen LogP contribution is -2.37. The molecule has 3 rings (SSSR count). The molecule has 0 aromatic rings. The Morgan fingerprint density at radius 1 is 0.944 bits per heavy atom. The van der Waals surface area contributed by atoms with Crippen molar-refractivity contribution in [1.29, 1.82) is 0 Å². The van der Waals surface area contributed by atoms with Crippen molar-refractivity contribution in [2.75, 3.05) is 32.7 Å². The molecule has 1 atom stereocenters. The average molecular weight is 250 g/mol. The van der Waals surface area contributed by atoms with Crippen LogP contribution in [-0.4, -0.2) is 54.3 Å². The second kappa shape index (κ2) is 5.70. The molecule has 0 aromatic heterocycles. The zero-order valence-corrected chi connectivity index (χ0v) is 11.4. The van der Waals surface area contributed by atoms with Crippen LogP contribution in [0.25, 0.3) is 0 Å². The van der Waals surface area contributed by atoms with Crippen LogP contribution in [0.4, 0.5) is 0 Å².